The molecule has 32 heavy (non-hydrogen) atoms. The van der Waals surface area contributed by atoms with Crippen molar-refractivity contribution < 1.29 is 9.47 Å². The molecule has 0 radical (unpaired) electrons. The normalized spacial score (nSPS) is 20.9. The maximum atomic E-state index is 6.29. The van der Waals surface area contributed by atoms with Gasteiger partial charge in [0.2, 0.25) is 0 Å². The molecule has 6 heteroatoms. The van der Waals surface area contributed by atoms with Crippen LogP contribution in [0.2, 0.25) is 10.0 Å². The molecule has 5 rings (SSSR count). The summed E-state index contributed by atoms with van der Waals surface area (Å²) in [5.41, 5.74) is 4.47. The topological polar surface area (TPSA) is 30.5 Å². The van der Waals surface area contributed by atoms with Gasteiger partial charge in [0.15, 0.2) is 11.5 Å². The molecule has 2 aliphatic rings. The molecule has 0 fully saturated rings. The molecule has 3 aromatic carbocycles. The zero-order valence-electron chi connectivity index (χ0n) is 17.4. The summed E-state index contributed by atoms with van der Waals surface area (Å²) in [4.78, 5) is 0. The molecule has 0 saturated carbocycles. The fourth-order valence-corrected chi connectivity index (χ4v) is 5.67. The first-order chi connectivity index (χ1) is 15.5. The molecule has 1 aliphatic carbocycles. The Bertz CT molecular complexity index is 1200. The van der Waals surface area contributed by atoms with Crippen LogP contribution in [0.5, 0.6) is 11.5 Å². The molecular weight excluding hydrogens is 509 g/mol. The summed E-state index contributed by atoms with van der Waals surface area (Å²) in [6.45, 7) is 0.360. The molecule has 0 amide bonds. The summed E-state index contributed by atoms with van der Waals surface area (Å²) in [5.74, 6) is 2.11. The van der Waals surface area contributed by atoms with E-state index in [1.807, 2.05) is 30.3 Å². The molecule has 1 aliphatic heterocycles. The second kappa shape index (κ2) is 9.01. The van der Waals surface area contributed by atoms with Crippen molar-refractivity contribution in [1.82, 2.24) is 0 Å². The van der Waals surface area contributed by atoms with Crippen LogP contribution in [-0.2, 0) is 6.61 Å². The summed E-state index contributed by atoms with van der Waals surface area (Å²) < 4.78 is 12.7. The molecule has 1 N–H and O–H groups in total. The van der Waals surface area contributed by atoms with E-state index in [1.165, 1.54) is 5.56 Å². The highest BCUT2D eigenvalue weighted by molar-refractivity contribution is 9.10. The van der Waals surface area contributed by atoms with Gasteiger partial charge in [-0.05, 0) is 75.8 Å². The second-order valence-corrected chi connectivity index (χ2v) is 9.82. The van der Waals surface area contributed by atoms with Crippen LogP contribution in [0.1, 0.15) is 35.1 Å². The van der Waals surface area contributed by atoms with Crippen LogP contribution in [-0.4, -0.2) is 7.11 Å². The van der Waals surface area contributed by atoms with Gasteiger partial charge in [-0.25, -0.2) is 0 Å². The van der Waals surface area contributed by atoms with Crippen LogP contribution < -0.4 is 14.8 Å². The Kier molecular flexibility index (Phi) is 6.11. The molecule has 0 aromatic heterocycles. The maximum Gasteiger partial charge on any atom is 0.175 e. The van der Waals surface area contributed by atoms with E-state index >= 15 is 0 Å². The fraction of sp³-hybridized carbons (Fsp3) is 0.231. The minimum Gasteiger partial charge on any atom is -0.493 e. The standard InChI is InChI=1S/C26H22BrCl2NO2/c1-31-24-12-16(11-21(27)26(24)32-14-15-5-2-3-8-22(15)29)25-19-7-4-6-18(19)20-13-17(28)9-10-23(20)30-25/h2-6,8-13,18-19,25,30H,7,14H2,1H3/t18-,19+,25+/m1/s1. The lowest BCUT2D eigenvalue weighted by atomic mass is 9.77. The van der Waals surface area contributed by atoms with Gasteiger partial charge in [-0.2, -0.15) is 0 Å². The van der Waals surface area contributed by atoms with Crippen molar-refractivity contribution in [2.24, 2.45) is 5.92 Å². The smallest absolute Gasteiger partial charge is 0.175 e. The quantitative estimate of drug-likeness (QED) is 0.337. The number of halogens is 3. The molecule has 3 aromatic rings. The van der Waals surface area contributed by atoms with Crippen molar-refractivity contribution in [2.75, 3.05) is 12.4 Å². The van der Waals surface area contributed by atoms with Gasteiger partial charge in [-0.1, -0.05) is 53.6 Å². The number of fused-ring (bicyclic) bond motifs is 3. The predicted octanol–water partition coefficient (Wildman–Crippen LogP) is 8.17. The lowest BCUT2D eigenvalue weighted by Crippen LogP contribution is -2.29. The summed E-state index contributed by atoms with van der Waals surface area (Å²) in [5, 5.41) is 5.20. The highest BCUT2D eigenvalue weighted by Gasteiger charge is 2.38. The summed E-state index contributed by atoms with van der Waals surface area (Å²) in [7, 11) is 1.67. The van der Waals surface area contributed by atoms with Gasteiger partial charge in [-0.3, -0.25) is 0 Å². The SMILES string of the molecule is COc1cc([C@@H]2Nc3ccc(Cl)cc3[C@@H]3C=CC[C@@H]32)cc(Br)c1OCc1ccccc1Cl. The van der Waals surface area contributed by atoms with Crippen molar-refractivity contribution >= 4 is 44.8 Å². The van der Waals surface area contributed by atoms with Crippen molar-refractivity contribution in [2.45, 2.75) is 25.0 Å². The Morgan fingerprint density at radius 1 is 1.09 bits per heavy atom. The number of ether oxygens (including phenoxy) is 2. The number of rotatable bonds is 5. The first-order valence-corrected chi connectivity index (χ1v) is 12.1. The average Bonchev–Trinajstić information content (AvgIpc) is 3.29. The third-order valence-electron chi connectivity index (χ3n) is 6.27. The number of benzene rings is 3. The number of hydrogen-bond donors (Lipinski definition) is 1. The molecule has 0 saturated heterocycles. The highest BCUT2D eigenvalue weighted by atomic mass is 79.9. The minimum atomic E-state index is 0.145. The van der Waals surface area contributed by atoms with Gasteiger partial charge in [-0.15, -0.1) is 0 Å². The molecule has 0 unspecified atom stereocenters. The van der Waals surface area contributed by atoms with E-state index in [0.717, 1.165) is 32.7 Å². The molecular formula is C26H22BrCl2NO2. The van der Waals surface area contributed by atoms with Gasteiger partial charge in [0, 0.05) is 27.2 Å². The summed E-state index contributed by atoms with van der Waals surface area (Å²) in [6.07, 6.45) is 5.59. The predicted molar refractivity (Wildman–Crippen MR) is 134 cm³/mol. The van der Waals surface area contributed by atoms with Crippen LogP contribution in [0, 0.1) is 5.92 Å². The Morgan fingerprint density at radius 2 is 1.94 bits per heavy atom. The molecule has 0 spiro atoms. The maximum absolute atomic E-state index is 6.29. The summed E-state index contributed by atoms with van der Waals surface area (Å²) in [6, 6.07) is 18.1. The van der Waals surface area contributed by atoms with Crippen LogP contribution in [0.3, 0.4) is 0 Å². The largest absolute Gasteiger partial charge is 0.493 e. The van der Waals surface area contributed by atoms with Crippen molar-refractivity contribution in [1.29, 1.82) is 0 Å². The Labute approximate surface area is 206 Å². The monoisotopic (exact) mass is 529 g/mol. The molecule has 3 atom stereocenters. The van der Waals surface area contributed by atoms with Gasteiger partial charge in [0.05, 0.1) is 17.6 Å². The van der Waals surface area contributed by atoms with E-state index in [4.69, 9.17) is 32.7 Å². The third-order valence-corrected chi connectivity index (χ3v) is 7.46. The number of methoxy groups -OCH3 is 1. The van der Waals surface area contributed by atoms with E-state index in [1.54, 1.807) is 7.11 Å². The number of hydrogen-bond acceptors (Lipinski definition) is 3. The van der Waals surface area contributed by atoms with Crippen LogP contribution in [0.15, 0.2) is 71.2 Å². The third kappa shape index (κ3) is 4.00. The lowest BCUT2D eigenvalue weighted by Gasteiger charge is -2.38. The van der Waals surface area contributed by atoms with Crippen molar-refractivity contribution in [3.8, 4) is 11.5 Å². The van der Waals surface area contributed by atoms with Gasteiger partial charge in [0.1, 0.15) is 6.61 Å². The van der Waals surface area contributed by atoms with Crippen LogP contribution in [0.25, 0.3) is 0 Å². The molecule has 1 heterocycles. The van der Waals surface area contributed by atoms with Gasteiger partial charge >= 0.3 is 0 Å². The highest BCUT2D eigenvalue weighted by Crippen LogP contribution is 2.51. The Hall–Kier alpha value is -2.14. The van der Waals surface area contributed by atoms with E-state index < -0.39 is 0 Å². The number of anilines is 1. The van der Waals surface area contributed by atoms with Crippen LogP contribution >= 0.6 is 39.1 Å². The van der Waals surface area contributed by atoms with Crippen molar-refractivity contribution in [3.63, 3.8) is 0 Å². The average molecular weight is 531 g/mol. The molecule has 164 valence electrons. The summed E-state index contributed by atoms with van der Waals surface area (Å²) >= 11 is 16.3. The van der Waals surface area contributed by atoms with Gasteiger partial charge in [0.25, 0.3) is 0 Å². The first-order valence-electron chi connectivity index (χ1n) is 10.5. The second-order valence-electron chi connectivity index (χ2n) is 8.12. The van der Waals surface area contributed by atoms with Crippen molar-refractivity contribution in [3.05, 3.63) is 98.0 Å². The zero-order valence-corrected chi connectivity index (χ0v) is 20.5. The van der Waals surface area contributed by atoms with E-state index in [2.05, 4.69) is 57.7 Å². The number of allylic oxidation sites excluding steroid dienone is 2. The minimum absolute atomic E-state index is 0.145. The molecule has 0 bridgehead atoms. The fourth-order valence-electron chi connectivity index (χ4n) is 4.72. The van der Waals surface area contributed by atoms with E-state index in [-0.39, 0.29) is 6.04 Å². The van der Waals surface area contributed by atoms with E-state index in [9.17, 15) is 0 Å². The zero-order chi connectivity index (χ0) is 22.2. The molecule has 3 nitrogen and oxygen atoms in total. The van der Waals surface area contributed by atoms with Gasteiger partial charge < -0.3 is 14.8 Å². The first kappa shape index (κ1) is 21.7. The Balaban J connectivity index is 1.46. The Morgan fingerprint density at radius 3 is 2.75 bits per heavy atom. The van der Waals surface area contributed by atoms with E-state index in [0.29, 0.717) is 35.0 Å². The lowest BCUT2D eigenvalue weighted by molar-refractivity contribution is 0.282. The number of nitrogens with one attached hydrogen (secondary N) is 1. The van der Waals surface area contributed by atoms with Crippen LogP contribution in [0.4, 0.5) is 5.69 Å².